The van der Waals surface area contributed by atoms with Crippen molar-refractivity contribution in [3.05, 3.63) is 0 Å². The van der Waals surface area contributed by atoms with Crippen LogP contribution in [-0.4, -0.2) is 99.1 Å². The standard InChI is InChI=1S/C18H34N2O6S/c1-5-6-10-7-11(20(3)8-10)17(25)19-12(9(2)21)16-14(23)13(22)15(24)18(26-16)27-4/h9-16,18,21-24H,5-8H2,1-4H3,(H,19,25)/t9-,10-,11+,12-,13?,14-,15?,16-,18-/m1/s1. The number of nitrogens with one attached hydrogen (secondary N) is 1. The van der Waals surface area contributed by atoms with Crippen LogP contribution in [-0.2, 0) is 9.53 Å². The molecule has 2 rings (SSSR count). The molecule has 0 aromatic heterocycles. The van der Waals surface area contributed by atoms with Crippen molar-refractivity contribution >= 4 is 17.7 Å². The Hall–Kier alpha value is -0.420. The molecule has 9 atom stereocenters. The second-order valence-corrected chi connectivity index (χ2v) is 8.73. The van der Waals surface area contributed by atoms with Crippen molar-refractivity contribution in [3.63, 3.8) is 0 Å². The number of nitrogens with zero attached hydrogens (tertiary/aromatic N) is 1. The highest BCUT2D eigenvalue weighted by Gasteiger charge is 2.48. The molecule has 2 aliphatic heterocycles. The molecule has 2 saturated heterocycles. The minimum Gasteiger partial charge on any atom is -0.391 e. The maximum Gasteiger partial charge on any atom is 0.237 e. The van der Waals surface area contributed by atoms with Gasteiger partial charge in [-0.3, -0.25) is 9.69 Å². The van der Waals surface area contributed by atoms with Gasteiger partial charge in [-0.15, -0.1) is 11.8 Å². The Kier molecular flexibility index (Phi) is 8.35. The van der Waals surface area contributed by atoms with Gasteiger partial charge >= 0.3 is 0 Å². The predicted molar refractivity (Wildman–Crippen MR) is 103 cm³/mol. The SMILES string of the molecule is CCC[C@@H]1C[C@@H](C(=O)N[C@@H]([C@H]2O[C@H](SC)C(O)C(O)[C@H]2O)[C@@H](C)O)N(C)C1. The van der Waals surface area contributed by atoms with E-state index in [0.29, 0.717) is 5.92 Å². The number of amides is 1. The summed E-state index contributed by atoms with van der Waals surface area (Å²) in [7, 11) is 1.91. The molecule has 2 aliphatic rings. The lowest BCUT2D eigenvalue weighted by Gasteiger charge is -2.44. The summed E-state index contributed by atoms with van der Waals surface area (Å²) in [5, 5.41) is 43.5. The maximum atomic E-state index is 12.8. The molecule has 0 aliphatic carbocycles. The van der Waals surface area contributed by atoms with Gasteiger partial charge in [0.1, 0.15) is 29.9 Å². The monoisotopic (exact) mass is 406 g/mol. The molecule has 9 heteroatoms. The van der Waals surface area contributed by atoms with Crippen molar-refractivity contribution in [2.75, 3.05) is 19.8 Å². The topological polar surface area (TPSA) is 122 Å². The van der Waals surface area contributed by atoms with Gasteiger partial charge in [-0.1, -0.05) is 13.3 Å². The van der Waals surface area contributed by atoms with E-state index >= 15 is 0 Å². The summed E-state index contributed by atoms with van der Waals surface area (Å²) in [6, 6.07) is -1.20. The van der Waals surface area contributed by atoms with Crippen molar-refractivity contribution in [1.82, 2.24) is 10.2 Å². The average Bonchev–Trinajstić information content (AvgIpc) is 2.99. The minimum atomic E-state index is -1.42. The Balaban J connectivity index is 2.09. The largest absolute Gasteiger partial charge is 0.391 e. The lowest BCUT2D eigenvalue weighted by Crippen LogP contribution is -2.65. The van der Waals surface area contributed by atoms with Crippen LogP contribution in [0.15, 0.2) is 0 Å². The summed E-state index contributed by atoms with van der Waals surface area (Å²) in [6.45, 7) is 4.48. The highest BCUT2D eigenvalue weighted by molar-refractivity contribution is 7.99. The van der Waals surface area contributed by atoms with Gasteiger partial charge in [-0.25, -0.2) is 0 Å². The first-order valence-corrected chi connectivity index (χ1v) is 10.9. The molecule has 2 heterocycles. The number of thioether (sulfide) groups is 1. The van der Waals surface area contributed by atoms with Gasteiger partial charge in [0.05, 0.1) is 18.2 Å². The van der Waals surface area contributed by atoms with Crippen molar-refractivity contribution in [2.24, 2.45) is 5.92 Å². The number of ether oxygens (including phenoxy) is 1. The van der Waals surface area contributed by atoms with Crippen LogP contribution in [0.3, 0.4) is 0 Å². The van der Waals surface area contributed by atoms with Crippen LogP contribution in [0.5, 0.6) is 0 Å². The highest BCUT2D eigenvalue weighted by atomic mass is 32.2. The molecule has 0 saturated carbocycles. The van der Waals surface area contributed by atoms with E-state index in [1.165, 1.54) is 18.7 Å². The highest BCUT2D eigenvalue weighted by Crippen LogP contribution is 2.30. The molecular weight excluding hydrogens is 372 g/mol. The number of carbonyl (C=O) groups is 1. The summed E-state index contributed by atoms with van der Waals surface area (Å²) < 4.78 is 5.72. The quantitative estimate of drug-likeness (QED) is 0.370. The van der Waals surface area contributed by atoms with E-state index in [1.54, 1.807) is 6.26 Å². The van der Waals surface area contributed by atoms with Crippen molar-refractivity contribution in [2.45, 2.75) is 81.1 Å². The molecule has 0 bridgehead atoms. The molecule has 8 nitrogen and oxygen atoms in total. The molecule has 2 unspecified atom stereocenters. The number of rotatable bonds is 7. The molecule has 1 amide bonds. The van der Waals surface area contributed by atoms with Crippen LogP contribution in [0.1, 0.15) is 33.1 Å². The first-order chi connectivity index (χ1) is 12.7. The molecule has 5 N–H and O–H groups in total. The Morgan fingerprint density at radius 1 is 1.30 bits per heavy atom. The lowest BCUT2D eigenvalue weighted by atomic mass is 9.92. The van der Waals surface area contributed by atoms with Crippen molar-refractivity contribution < 1.29 is 30.0 Å². The summed E-state index contributed by atoms with van der Waals surface area (Å²) in [4.78, 5) is 14.9. The number of aliphatic hydroxyl groups is 4. The number of likely N-dealkylation sites (tertiary alicyclic amines) is 1. The van der Waals surface area contributed by atoms with Crippen LogP contribution in [0.4, 0.5) is 0 Å². The summed E-state index contributed by atoms with van der Waals surface area (Å²) >= 11 is 1.20. The second-order valence-electron chi connectivity index (χ2n) is 7.80. The van der Waals surface area contributed by atoms with E-state index in [1.807, 2.05) is 11.9 Å². The lowest BCUT2D eigenvalue weighted by molar-refractivity contribution is -0.211. The number of likely N-dealkylation sites (N-methyl/N-ethyl adjacent to an activating group) is 1. The van der Waals surface area contributed by atoms with Gasteiger partial charge in [-0.2, -0.15) is 0 Å². The van der Waals surface area contributed by atoms with Crippen LogP contribution >= 0.6 is 11.8 Å². The van der Waals surface area contributed by atoms with E-state index in [2.05, 4.69) is 12.2 Å². The van der Waals surface area contributed by atoms with E-state index in [-0.39, 0.29) is 11.9 Å². The predicted octanol–water partition coefficient (Wildman–Crippen LogP) is -0.857. The summed E-state index contributed by atoms with van der Waals surface area (Å²) in [6.07, 6.45) is -1.50. The minimum absolute atomic E-state index is 0.223. The number of hydrogen-bond acceptors (Lipinski definition) is 8. The number of hydrogen-bond donors (Lipinski definition) is 5. The first-order valence-electron chi connectivity index (χ1n) is 9.62. The van der Waals surface area contributed by atoms with Crippen LogP contribution in [0, 0.1) is 5.92 Å². The molecule has 0 spiro atoms. The number of carbonyl (C=O) groups excluding carboxylic acids is 1. The maximum absolute atomic E-state index is 12.8. The van der Waals surface area contributed by atoms with E-state index in [9.17, 15) is 25.2 Å². The zero-order valence-electron chi connectivity index (χ0n) is 16.5. The van der Waals surface area contributed by atoms with Gasteiger partial charge in [0.25, 0.3) is 0 Å². The van der Waals surface area contributed by atoms with Crippen molar-refractivity contribution in [3.8, 4) is 0 Å². The van der Waals surface area contributed by atoms with Crippen LogP contribution in [0.25, 0.3) is 0 Å². The van der Waals surface area contributed by atoms with Gasteiger partial charge in [0.2, 0.25) is 5.91 Å². The summed E-state index contributed by atoms with van der Waals surface area (Å²) in [5.41, 5.74) is -0.755. The van der Waals surface area contributed by atoms with Gasteiger partial charge < -0.3 is 30.5 Å². The Labute approximate surface area is 165 Å². The average molecular weight is 407 g/mol. The second kappa shape index (κ2) is 9.87. The Morgan fingerprint density at radius 3 is 2.52 bits per heavy atom. The normalized spacial score (nSPS) is 39.9. The van der Waals surface area contributed by atoms with Crippen molar-refractivity contribution in [1.29, 1.82) is 0 Å². The third-order valence-electron chi connectivity index (χ3n) is 5.66. The van der Waals surface area contributed by atoms with E-state index < -0.39 is 42.0 Å². The first kappa shape index (κ1) is 22.9. The molecule has 0 radical (unpaired) electrons. The zero-order chi connectivity index (χ0) is 20.3. The molecule has 2 fully saturated rings. The zero-order valence-corrected chi connectivity index (χ0v) is 17.3. The van der Waals surface area contributed by atoms with Gasteiger partial charge in [0.15, 0.2) is 0 Å². The number of aliphatic hydroxyl groups excluding tert-OH is 4. The van der Waals surface area contributed by atoms with Crippen LogP contribution < -0.4 is 5.32 Å². The Morgan fingerprint density at radius 2 is 1.96 bits per heavy atom. The van der Waals surface area contributed by atoms with Gasteiger partial charge in [-0.05, 0) is 39.0 Å². The fourth-order valence-corrected chi connectivity index (χ4v) is 4.81. The third kappa shape index (κ3) is 5.14. The molecule has 27 heavy (non-hydrogen) atoms. The van der Waals surface area contributed by atoms with Crippen LogP contribution in [0.2, 0.25) is 0 Å². The third-order valence-corrected chi connectivity index (χ3v) is 6.51. The fraction of sp³-hybridized carbons (Fsp3) is 0.944. The van der Waals surface area contributed by atoms with Gasteiger partial charge in [0, 0.05) is 6.54 Å². The molecule has 158 valence electrons. The smallest absolute Gasteiger partial charge is 0.237 e. The van der Waals surface area contributed by atoms with E-state index in [4.69, 9.17) is 4.74 Å². The fourth-order valence-electron chi connectivity index (χ4n) is 4.13. The molecule has 0 aromatic carbocycles. The molecule has 0 aromatic rings. The Bertz CT molecular complexity index is 494. The molecular formula is C18H34N2O6S. The van der Waals surface area contributed by atoms with E-state index in [0.717, 1.165) is 25.8 Å². The summed E-state index contributed by atoms with van der Waals surface area (Å²) in [5.74, 6) is 0.245.